The second-order valence-corrected chi connectivity index (χ2v) is 2.29. The van der Waals surface area contributed by atoms with Crippen molar-refractivity contribution in [3.05, 3.63) is 33.8 Å². The minimum absolute atomic E-state index is 0.269. The van der Waals surface area contributed by atoms with Crippen molar-refractivity contribution in [2.45, 2.75) is 0 Å². The Morgan fingerprint density at radius 1 is 1.45 bits per heavy atom. The fourth-order valence-corrected chi connectivity index (χ4v) is 0.876. The molecule has 0 N–H and O–H groups in total. The van der Waals surface area contributed by atoms with Gasteiger partial charge >= 0.3 is 5.69 Å². The molecule has 0 atom stereocenters. The van der Waals surface area contributed by atoms with Gasteiger partial charge in [-0.15, -0.1) is 0 Å². The van der Waals surface area contributed by atoms with Crippen LogP contribution in [0.4, 0.5) is 5.69 Å². The lowest BCUT2D eigenvalue weighted by Crippen LogP contribution is -1.72. The lowest BCUT2D eigenvalue weighted by Gasteiger charge is -1.84. The Morgan fingerprint density at radius 3 is 2.64 bits per heavy atom. The van der Waals surface area contributed by atoms with Crippen molar-refractivity contribution in [1.82, 2.24) is 0 Å². The molecule has 1 aromatic carbocycles. The predicted molar refractivity (Wildman–Crippen MR) is 40.9 cm³/mol. The first-order valence-corrected chi connectivity index (χ1v) is 3.20. The van der Waals surface area contributed by atoms with Crippen LogP contribution in [-0.2, 0) is 0 Å². The van der Waals surface area contributed by atoms with Gasteiger partial charge < -0.3 is 0 Å². The van der Waals surface area contributed by atoms with Crippen LogP contribution in [0.1, 0.15) is 5.56 Å². The minimum atomic E-state index is 0.269. The average Bonchev–Trinajstić information content (AvgIpc) is 2.04. The van der Waals surface area contributed by atoms with Crippen LogP contribution in [0.25, 0.3) is 4.98 Å². The number of halogens is 1. The monoisotopic (exact) mass is 164 g/mol. The number of hydrogen-bond acceptors (Lipinski definition) is 2. The summed E-state index contributed by atoms with van der Waals surface area (Å²) in [6.07, 6.45) is 0. The van der Waals surface area contributed by atoms with Crippen molar-refractivity contribution in [2.24, 2.45) is 0 Å². The summed E-state index contributed by atoms with van der Waals surface area (Å²) >= 11 is 5.60. The molecule has 0 aliphatic heterocycles. The molecule has 1 rings (SSSR count). The Kier molecular flexibility index (Phi) is 2.06. The highest BCUT2D eigenvalue weighted by atomic mass is 35.5. The Bertz CT molecular complexity index is 359. The fraction of sp³-hybridized carbons (Fsp3) is 0. The van der Waals surface area contributed by atoms with Crippen LogP contribution >= 0.6 is 11.6 Å². The SMILES string of the molecule is N#Cc1ccc([N+]#N)c(Cl)c1. The molecule has 0 bridgehead atoms. The predicted octanol–water partition coefficient (Wildman–Crippen LogP) is 2.70. The number of diazo groups is 1. The molecule has 0 aliphatic rings. The molecule has 0 fully saturated rings. The van der Waals surface area contributed by atoms with E-state index >= 15 is 0 Å². The smallest absolute Gasteiger partial charge is 0.192 e. The molecule has 0 saturated carbocycles. The van der Waals surface area contributed by atoms with Crippen LogP contribution in [0.3, 0.4) is 0 Å². The standard InChI is InChI=1S/C7H3ClN3/c8-6-3-5(4-9)1-2-7(6)11-10/h1-3H/q+1. The first-order valence-electron chi connectivity index (χ1n) is 2.82. The number of nitrogens with zero attached hydrogens (tertiary/aromatic N) is 3. The highest BCUT2D eigenvalue weighted by Crippen LogP contribution is 2.24. The van der Waals surface area contributed by atoms with Crippen molar-refractivity contribution < 1.29 is 0 Å². The second-order valence-electron chi connectivity index (χ2n) is 1.88. The summed E-state index contributed by atoms with van der Waals surface area (Å²) in [7, 11) is 0. The van der Waals surface area contributed by atoms with Gasteiger partial charge in [0.2, 0.25) is 5.39 Å². The van der Waals surface area contributed by atoms with Crippen LogP contribution in [0.2, 0.25) is 5.02 Å². The van der Waals surface area contributed by atoms with E-state index in [-0.39, 0.29) is 10.7 Å². The molecule has 0 heterocycles. The van der Waals surface area contributed by atoms with Crippen LogP contribution in [-0.4, -0.2) is 0 Å². The Morgan fingerprint density at radius 2 is 2.18 bits per heavy atom. The maximum atomic E-state index is 8.42. The lowest BCUT2D eigenvalue weighted by molar-refractivity contribution is 1.45. The van der Waals surface area contributed by atoms with Gasteiger partial charge in [0, 0.05) is 6.07 Å². The number of hydrogen-bond donors (Lipinski definition) is 0. The quantitative estimate of drug-likeness (QED) is 0.554. The highest BCUT2D eigenvalue weighted by molar-refractivity contribution is 6.33. The Hall–Kier alpha value is -1.58. The summed E-state index contributed by atoms with van der Waals surface area (Å²) in [6.45, 7) is 0. The summed E-state index contributed by atoms with van der Waals surface area (Å²) in [5.41, 5.74) is 0.716. The molecule has 0 saturated heterocycles. The van der Waals surface area contributed by atoms with E-state index in [2.05, 4.69) is 4.98 Å². The zero-order chi connectivity index (χ0) is 8.27. The zero-order valence-corrected chi connectivity index (χ0v) is 6.21. The maximum absolute atomic E-state index is 8.42. The van der Waals surface area contributed by atoms with Gasteiger partial charge in [-0.1, -0.05) is 11.6 Å². The fourth-order valence-electron chi connectivity index (χ4n) is 0.658. The largest absolute Gasteiger partial charge is 0.403 e. The van der Waals surface area contributed by atoms with Gasteiger partial charge in [0.1, 0.15) is 5.02 Å². The summed E-state index contributed by atoms with van der Waals surface area (Å²) in [6, 6.07) is 6.35. The molecular formula is C7H3ClN3+. The normalized spacial score (nSPS) is 8.27. The molecule has 11 heavy (non-hydrogen) atoms. The van der Waals surface area contributed by atoms with E-state index in [1.807, 2.05) is 6.07 Å². The molecular weight excluding hydrogens is 162 g/mol. The maximum Gasteiger partial charge on any atom is 0.403 e. The van der Waals surface area contributed by atoms with Crippen molar-refractivity contribution in [2.75, 3.05) is 0 Å². The van der Waals surface area contributed by atoms with Gasteiger partial charge in [0.15, 0.2) is 4.98 Å². The van der Waals surface area contributed by atoms with Gasteiger partial charge in [-0.05, 0) is 12.1 Å². The summed E-state index contributed by atoms with van der Waals surface area (Å²) < 4.78 is 0. The molecule has 1 aromatic rings. The molecule has 0 aliphatic carbocycles. The molecule has 52 valence electrons. The summed E-state index contributed by atoms with van der Waals surface area (Å²) in [5.74, 6) is 0. The zero-order valence-electron chi connectivity index (χ0n) is 5.45. The second kappa shape index (κ2) is 3.01. The molecule has 0 aromatic heterocycles. The topological polar surface area (TPSA) is 51.9 Å². The number of nitriles is 1. The molecule has 4 heteroatoms. The molecule has 0 radical (unpaired) electrons. The third-order valence-corrected chi connectivity index (χ3v) is 1.49. The van der Waals surface area contributed by atoms with Crippen molar-refractivity contribution in [3.8, 4) is 6.07 Å². The molecule has 0 amide bonds. The number of rotatable bonds is 0. The molecule has 0 unspecified atom stereocenters. The van der Waals surface area contributed by atoms with Gasteiger partial charge in [-0.2, -0.15) is 5.26 Å². The third kappa shape index (κ3) is 1.46. The van der Waals surface area contributed by atoms with Crippen molar-refractivity contribution >= 4 is 17.3 Å². The van der Waals surface area contributed by atoms with Crippen molar-refractivity contribution in [3.63, 3.8) is 0 Å². The third-order valence-electron chi connectivity index (χ3n) is 1.18. The van der Waals surface area contributed by atoms with E-state index in [9.17, 15) is 0 Å². The minimum Gasteiger partial charge on any atom is -0.192 e. The highest BCUT2D eigenvalue weighted by Gasteiger charge is 2.10. The van der Waals surface area contributed by atoms with Gasteiger partial charge in [-0.3, -0.25) is 0 Å². The van der Waals surface area contributed by atoms with Crippen LogP contribution < -0.4 is 0 Å². The molecule has 3 nitrogen and oxygen atoms in total. The first-order chi connectivity index (χ1) is 5.27. The van der Waals surface area contributed by atoms with Gasteiger partial charge in [0.05, 0.1) is 11.6 Å². The van der Waals surface area contributed by atoms with E-state index < -0.39 is 0 Å². The van der Waals surface area contributed by atoms with E-state index in [1.54, 1.807) is 0 Å². The van der Waals surface area contributed by atoms with E-state index in [4.69, 9.17) is 22.3 Å². The van der Waals surface area contributed by atoms with E-state index in [0.29, 0.717) is 5.56 Å². The van der Waals surface area contributed by atoms with Crippen LogP contribution in [0.5, 0.6) is 0 Å². The summed E-state index contributed by atoms with van der Waals surface area (Å²) in [5, 5.41) is 17.0. The average molecular weight is 165 g/mol. The number of benzene rings is 1. The Balaban J connectivity index is 3.25. The van der Waals surface area contributed by atoms with Gasteiger partial charge in [0.25, 0.3) is 0 Å². The van der Waals surface area contributed by atoms with Crippen molar-refractivity contribution in [1.29, 1.82) is 10.7 Å². The molecule has 0 spiro atoms. The first kappa shape index (κ1) is 7.53. The van der Waals surface area contributed by atoms with E-state index in [1.165, 1.54) is 18.2 Å². The van der Waals surface area contributed by atoms with Gasteiger partial charge in [-0.25, -0.2) is 0 Å². The lowest BCUT2D eigenvalue weighted by atomic mass is 10.2. The van der Waals surface area contributed by atoms with Crippen LogP contribution in [0.15, 0.2) is 18.2 Å². The van der Waals surface area contributed by atoms with E-state index in [0.717, 1.165) is 0 Å². The van der Waals surface area contributed by atoms with Crippen LogP contribution in [0, 0.1) is 16.7 Å². The Labute approximate surface area is 68.5 Å². The summed E-state index contributed by atoms with van der Waals surface area (Å²) in [4.78, 5) is 2.90.